The molecule has 3 aromatic rings. The Morgan fingerprint density at radius 2 is 1.63 bits per heavy atom. The van der Waals surface area contributed by atoms with Crippen molar-refractivity contribution < 1.29 is 0 Å². The van der Waals surface area contributed by atoms with Gasteiger partial charge < -0.3 is 4.98 Å². The highest BCUT2D eigenvalue weighted by atomic mass is 35.5. The highest BCUT2D eigenvalue weighted by Gasteiger charge is 2.10. The summed E-state index contributed by atoms with van der Waals surface area (Å²) in [6.45, 7) is 0. The van der Waals surface area contributed by atoms with Gasteiger partial charge in [-0.05, 0) is 24.3 Å². The summed E-state index contributed by atoms with van der Waals surface area (Å²) in [5.41, 5.74) is 2.01. The molecule has 2 aromatic heterocycles. The summed E-state index contributed by atoms with van der Waals surface area (Å²) in [5.74, 6) is 0.624. The zero-order chi connectivity index (χ0) is 13.6. The van der Waals surface area contributed by atoms with Crippen molar-refractivity contribution in [1.82, 2.24) is 15.0 Å². The lowest BCUT2D eigenvalue weighted by atomic mass is 10.2. The molecule has 0 atom stereocenters. The standard InChI is InChI=1S/C12H5Cl4N3/c13-6-2-1-5(3-7(6)14)11-17-9-4-8(15)10(16)18-12(9)19-11/h1-4H,(H,17,18,19). The van der Waals surface area contributed by atoms with Gasteiger partial charge in [-0.15, -0.1) is 0 Å². The van der Waals surface area contributed by atoms with Gasteiger partial charge in [0.15, 0.2) is 5.65 Å². The highest BCUT2D eigenvalue weighted by Crippen LogP contribution is 2.29. The molecule has 0 spiro atoms. The Bertz CT molecular complexity index is 743. The van der Waals surface area contributed by atoms with Gasteiger partial charge in [0.2, 0.25) is 0 Å². The van der Waals surface area contributed by atoms with Crippen LogP contribution in [0.2, 0.25) is 20.2 Å². The molecule has 0 saturated heterocycles. The summed E-state index contributed by atoms with van der Waals surface area (Å²) in [4.78, 5) is 11.5. The lowest BCUT2D eigenvalue weighted by molar-refractivity contribution is 1.30. The summed E-state index contributed by atoms with van der Waals surface area (Å²) in [6, 6.07) is 6.93. The van der Waals surface area contributed by atoms with E-state index in [-0.39, 0.29) is 5.15 Å². The van der Waals surface area contributed by atoms with Gasteiger partial charge in [-0.25, -0.2) is 9.97 Å². The first-order valence-electron chi connectivity index (χ1n) is 5.22. The maximum Gasteiger partial charge on any atom is 0.179 e. The maximum absolute atomic E-state index is 5.98. The number of nitrogens with one attached hydrogen (secondary N) is 1. The van der Waals surface area contributed by atoms with Crippen molar-refractivity contribution in [3.63, 3.8) is 0 Å². The Hall–Kier alpha value is -1.00. The number of halogens is 4. The molecule has 0 fully saturated rings. The fourth-order valence-electron chi connectivity index (χ4n) is 1.68. The second kappa shape index (κ2) is 4.84. The molecule has 3 nitrogen and oxygen atoms in total. The van der Waals surface area contributed by atoms with Crippen molar-refractivity contribution in [1.29, 1.82) is 0 Å². The number of pyridine rings is 1. The predicted octanol–water partition coefficient (Wildman–Crippen LogP) is 5.24. The van der Waals surface area contributed by atoms with Gasteiger partial charge in [-0.3, -0.25) is 0 Å². The first-order chi connectivity index (χ1) is 9.04. The average molecular weight is 333 g/mol. The molecule has 0 aliphatic carbocycles. The Morgan fingerprint density at radius 3 is 2.37 bits per heavy atom. The number of rotatable bonds is 1. The smallest absolute Gasteiger partial charge is 0.179 e. The van der Waals surface area contributed by atoms with Gasteiger partial charge in [0.1, 0.15) is 11.0 Å². The number of hydrogen-bond donors (Lipinski definition) is 1. The minimum Gasteiger partial charge on any atom is -0.337 e. The molecule has 96 valence electrons. The summed E-state index contributed by atoms with van der Waals surface area (Å²) >= 11 is 23.6. The van der Waals surface area contributed by atoms with E-state index in [1.54, 1.807) is 18.2 Å². The second-order valence-corrected chi connectivity index (χ2v) is 5.43. The molecule has 1 N–H and O–H groups in total. The number of aromatic nitrogens is 3. The third-order valence-corrected chi connectivity index (χ3v) is 3.99. The normalized spacial score (nSPS) is 11.2. The number of hydrogen-bond acceptors (Lipinski definition) is 2. The van der Waals surface area contributed by atoms with E-state index in [0.29, 0.717) is 32.1 Å². The van der Waals surface area contributed by atoms with Crippen LogP contribution in [0, 0.1) is 0 Å². The van der Waals surface area contributed by atoms with E-state index in [1.165, 1.54) is 0 Å². The maximum atomic E-state index is 5.98. The van der Waals surface area contributed by atoms with Crippen molar-refractivity contribution in [3.05, 3.63) is 44.5 Å². The zero-order valence-electron chi connectivity index (χ0n) is 9.22. The molecular weight excluding hydrogens is 328 g/mol. The van der Waals surface area contributed by atoms with Gasteiger partial charge in [-0.2, -0.15) is 0 Å². The van der Waals surface area contributed by atoms with Crippen LogP contribution in [0.25, 0.3) is 22.6 Å². The number of nitrogens with zero attached hydrogens (tertiary/aromatic N) is 2. The molecule has 19 heavy (non-hydrogen) atoms. The van der Waals surface area contributed by atoms with Crippen LogP contribution in [0.5, 0.6) is 0 Å². The minimum absolute atomic E-state index is 0.223. The monoisotopic (exact) mass is 331 g/mol. The first kappa shape index (κ1) is 13.0. The fourth-order valence-corrected chi connectivity index (χ4v) is 2.26. The Balaban J connectivity index is 2.17. The Morgan fingerprint density at radius 1 is 0.842 bits per heavy atom. The number of fused-ring (bicyclic) bond motifs is 1. The van der Waals surface area contributed by atoms with Crippen LogP contribution in [0.3, 0.4) is 0 Å². The molecule has 7 heteroatoms. The molecule has 0 aliphatic rings. The molecule has 1 aromatic carbocycles. The summed E-state index contributed by atoms with van der Waals surface area (Å²) in [7, 11) is 0. The Kier molecular flexibility index (Phi) is 3.31. The van der Waals surface area contributed by atoms with Crippen LogP contribution in [0.15, 0.2) is 24.3 Å². The molecule has 0 bridgehead atoms. The molecule has 0 radical (unpaired) electrons. The van der Waals surface area contributed by atoms with E-state index in [4.69, 9.17) is 46.4 Å². The molecule has 0 saturated carbocycles. The van der Waals surface area contributed by atoms with E-state index >= 15 is 0 Å². The van der Waals surface area contributed by atoms with E-state index in [1.807, 2.05) is 6.07 Å². The molecule has 2 heterocycles. The minimum atomic E-state index is 0.223. The van der Waals surface area contributed by atoms with Gasteiger partial charge in [0.25, 0.3) is 0 Å². The van der Waals surface area contributed by atoms with Crippen molar-refractivity contribution in [2.24, 2.45) is 0 Å². The van der Waals surface area contributed by atoms with Gasteiger partial charge >= 0.3 is 0 Å². The summed E-state index contributed by atoms with van der Waals surface area (Å²) in [6.07, 6.45) is 0. The lowest BCUT2D eigenvalue weighted by Gasteiger charge is -1.98. The highest BCUT2D eigenvalue weighted by molar-refractivity contribution is 6.42. The van der Waals surface area contributed by atoms with Crippen LogP contribution in [0.4, 0.5) is 0 Å². The van der Waals surface area contributed by atoms with Crippen molar-refractivity contribution in [3.8, 4) is 11.4 Å². The van der Waals surface area contributed by atoms with Crippen molar-refractivity contribution >= 4 is 57.6 Å². The molecular formula is C12H5Cl4N3. The molecule has 3 rings (SSSR count). The zero-order valence-corrected chi connectivity index (χ0v) is 12.2. The fraction of sp³-hybridized carbons (Fsp3) is 0. The topological polar surface area (TPSA) is 41.6 Å². The SMILES string of the molecule is Clc1ccc(-c2nc3nc(Cl)c(Cl)cc3[nH]2)cc1Cl. The largest absolute Gasteiger partial charge is 0.337 e. The molecule has 0 unspecified atom stereocenters. The number of benzene rings is 1. The molecule has 0 aliphatic heterocycles. The second-order valence-electron chi connectivity index (χ2n) is 3.85. The van der Waals surface area contributed by atoms with Crippen molar-refractivity contribution in [2.45, 2.75) is 0 Å². The predicted molar refractivity (Wildman–Crippen MR) is 79.4 cm³/mol. The summed E-state index contributed by atoms with van der Waals surface area (Å²) in [5, 5.41) is 1.55. The lowest BCUT2D eigenvalue weighted by Crippen LogP contribution is -1.81. The van der Waals surface area contributed by atoms with Crippen molar-refractivity contribution in [2.75, 3.05) is 0 Å². The number of imidazole rings is 1. The number of aromatic amines is 1. The third kappa shape index (κ3) is 2.39. The van der Waals surface area contributed by atoms with E-state index < -0.39 is 0 Å². The first-order valence-corrected chi connectivity index (χ1v) is 6.73. The van der Waals surface area contributed by atoms with Gasteiger partial charge in [0, 0.05) is 5.56 Å². The quantitative estimate of drug-likeness (QED) is 0.619. The average Bonchev–Trinajstić information content (AvgIpc) is 2.76. The summed E-state index contributed by atoms with van der Waals surface area (Å²) < 4.78 is 0. The van der Waals surface area contributed by atoms with Crippen LogP contribution in [-0.4, -0.2) is 15.0 Å². The third-order valence-electron chi connectivity index (χ3n) is 2.58. The number of H-pyrrole nitrogens is 1. The molecule has 0 amide bonds. The van der Waals surface area contributed by atoms with E-state index in [0.717, 1.165) is 5.56 Å². The van der Waals surface area contributed by atoms with Gasteiger partial charge in [-0.1, -0.05) is 46.4 Å². The van der Waals surface area contributed by atoms with Crippen LogP contribution in [0.1, 0.15) is 0 Å². The van der Waals surface area contributed by atoms with E-state index in [9.17, 15) is 0 Å². The van der Waals surface area contributed by atoms with Crippen LogP contribution < -0.4 is 0 Å². The van der Waals surface area contributed by atoms with E-state index in [2.05, 4.69) is 15.0 Å². The van der Waals surface area contributed by atoms with Crippen LogP contribution in [-0.2, 0) is 0 Å². The van der Waals surface area contributed by atoms with Gasteiger partial charge in [0.05, 0.1) is 20.6 Å². The Labute approximate surface area is 128 Å². The van der Waals surface area contributed by atoms with Crippen LogP contribution >= 0.6 is 46.4 Å².